The van der Waals surface area contributed by atoms with Gasteiger partial charge in [-0.15, -0.1) is 0 Å². The van der Waals surface area contributed by atoms with Crippen LogP contribution in [0.15, 0.2) is 48.7 Å². The Kier molecular flexibility index (Phi) is 3.48. The minimum atomic E-state index is 0.222. The molecule has 0 saturated carbocycles. The van der Waals surface area contributed by atoms with E-state index in [1.807, 2.05) is 42.5 Å². The summed E-state index contributed by atoms with van der Waals surface area (Å²) in [6, 6.07) is 13.6. The average Bonchev–Trinajstić information content (AvgIpc) is 2.51. The first-order valence-electron chi connectivity index (χ1n) is 6.12. The fourth-order valence-electron chi connectivity index (χ4n) is 2.29. The minimum absolute atomic E-state index is 0.222. The predicted molar refractivity (Wildman–Crippen MR) is 88.1 cm³/mol. The number of aromatic nitrogens is 1. The molecule has 0 fully saturated rings. The fourth-order valence-corrected chi connectivity index (χ4v) is 2.85. The van der Waals surface area contributed by atoms with E-state index in [1.54, 1.807) is 13.3 Å². The van der Waals surface area contributed by atoms with Crippen LogP contribution >= 0.6 is 22.6 Å². The van der Waals surface area contributed by atoms with E-state index in [9.17, 15) is 5.11 Å². The van der Waals surface area contributed by atoms with Crippen LogP contribution in [0.3, 0.4) is 0 Å². The first-order chi connectivity index (χ1) is 9.72. The van der Waals surface area contributed by atoms with Crippen LogP contribution < -0.4 is 4.74 Å². The lowest BCUT2D eigenvalue weighted by Crippen LogP contribution is -1.91. The molecule has 20 heavy (non-hydrogen) atoms. The Balaban J connectivity index is 2.40. The Bertz CT molecular complexity index is 787. The number of rotatable bonds is 2. The number of fused-ring (bicyclic) bond motifs is 1. The van der Waals surface area contributed by atoms with Crippen molar-refractivity contribution < 1.29 is 9.84 Å². The van der Waals surface area contributed by atoms with Crippen LogP contribution in [0.5, 0.6) is 11.5 Å². The summed E-state index contributed by atoms with van der Waals surface area (Å²) in [5, 5.41) is 11.1. The van der Waals surface area contributed by atoms with Crippen LogP contribution in [0.4, 0.5) is 0 Å². The summed E-state index contributed by atoms with van der Waals surface area (Å²) in [7, 11) is 1.66. The second kappa shape index (κ2) is 5.28. The van der Waals surface area contributed by atoms with E-state index in [1.165, 1.54) is 0 Å². The van der Waals surface area contributed by atoms with Gasteiger partial charge in [0.05, 0.1) is 10.7 Å². The summed E-state index contributed by atoms with van der Waals surface area (Å²) in [5.74, 6) is 1.03. The quantitative estimate of drug-likeness (QED) is 0.680. The molecule has 0 bridgehead atoms. The number of nitrogens with zero attached hydrogens (tertiary/aromatic N) is 1. The highest BCUT2D eigenvalue weighted by Gasteiger charge is 2.14. The molecule has 0 radical (unpaired) electrons. The standard InChI is InChI=1S/C16H12INO2/c1-20-14-7-3-2-5-10(14)12-9-13(17)16(19)15-11(12)6-4-8-18-15/h2-9,19H,1H3. The molecule has 1 aromatic heterocycles. The number of ether oxygens (including phenoxy) is 1. The lowest BCUT2D eigenvalue weighted by molar-refractivity contribution is 0.416. The Morgan fingerprint density at radius 1 is 1.10 bits per heavy atom. The van der Waals surface area contributed by atoms with Crippen LogP contribution in [0.2, 0.25) is 0 Å². The van der Waals surface area contributed by atoms with E-state index in [4.69, 9.17) is 4.74 Å². The molecule has 100 valence electrons. The third-order valence-electron chi connectivity index (χ3n) is 3.22. The molecular formula is C16H12INO2. The molecule has 2 aromatic carbocycles. The summed E-state index contributed by atoms with van der Waals surface area (Å²) in [4.78, 5) is 4.29. The summed E-state index contributed by atoms with van der Waals surface area (Å²) >= 11 is 2.12. The predicted octanol–water partition coefficient (Wildman–Crippen LogP) is 4.22. The van der Waals surface area contributed by atoms with E-state index in [0.717, 1.165) is 25.8 Å². The molecule has 0 aliphatic heterocycles. The summed E-state index contributed by atoms with van der Waals surface area (Å²) < 4.78 is 6.21. The monoisotopic (exact) mass is 377 g/mol. The van der Waals surface area contributed by atoms with Gasteiger partial charge in [-0.3, -0.25) is 4.98 Å². The van der Waals surface area contributed by atoms with Crippen molar-refractivity contribution in [2.75, 3.05) is 7.11 Å². The van der Waals surface area contributed by atoms with Crippen LogP contribution in [-0.4, -0.2) is 17.2 Å². The van der Waals surface area contributed by atoms with Gasteiger partial charge in [-0.1, -0.05) is 24.3 Å². The molecule has 0 spiro atoms. The van der Waals surface area contributed by atoms with Crippen LogP contribution in [0, 0.1) is 3.57 Å². The lowest BCUT2D eigenvalue weighted by atomic mass is 9.99. The number of pyridine rings is 1. The minimum Gasteiger partial charge on any atom is -0.505 e. The smallest absolute Gasteiger partial charge is 0.155 e. The van der Waals surface area contributed by atoms with Gasteiger partial charge in [0.15, 0.2) is 5.75 Å². The number of benzene rings is 2. The molecule has 1 N–H and O–H groups in total. The Labute approximate surface area is 130 Å². The number of aromatic hydroxyl groups is 1. The normalized spacial score (nSPS) is 10.7. The molecule has 3 nitrogen and oxygen atoms in total. The lowest BCUT2D eigenvalue weighted by Gasteiger charge is -2.12. The molecule has 3 aromatic rings. The SMILES string of the molecule is COc1ccccc1-c1cc(I)c(O)c2ncccc12. The van der Waals surface area contributed by atoms with Crippen LogP contribution in [0.1, 0.15) is 0 Å². The van der Waals surface area contributed by atoms with Crippen LogP contribution in [0.25, 0.3) is 22.0 Å². The van der Waals surface area contributed by atoms with Gasteiger partial charge in [0.1, 0.15) is 11.3 Å². The highest BCUT2D eigenvalue weighted by atomic mass is 127. The third-order valence-corrected chi connectivity index (χ3v) is 4.04. The Hall–Kier alpha value is -1.82. The second-order valence-corrected chi connectivity index (χ2v) is 5.52. The maximum Gasteiger partial charge on any atom is 0.155 e. The summed E-state index contributed by atoms with van der Waals surface area (Å²) in [5.41, 5.74) is 2.61. The summed E-state index contributed by atoms with van der Waals surface area (Å²) in [6.07, 6.45) is 1.68. The molecule has 0 saturated heterocycles. The van der Waals surface area contributed by atoms with Gasteiger partial charge in [-0.2, -0.15) is 0 Å². The maximum atomic E-state index is 10.2. The molecule has 1 heterocycles. The zero-order chi connectivity index (χ0) is 14.1. The molecule has 0 atom stereocenters. The first kappa shape index (κ1) is 13.2. The largest absolute Gasteiger partial charge is 0.505 e. The highest BCUT2D eigenvalue weighted by molar-refractivity contribution is 14.1. The molecular weight excluding hydrogens is 365 g/mol. The molecule has 0 amide bonds. The van der Waals surface area contributed by atoms with Gasteiger partial charge in [-0.25, -0.2) is 0 Å². The van der Waals surface area contributed by atoms with Crippen molar-refractivity contribution in [3.8, 4) is 22.6 Å². The van der Waals surface area contributed by atoms with E-state index in [-0.39, 0.29) is 5.75 Å². The van der Waals surface area contributed by atoms with Gasteiger partial charge >= 0.3 is 0 Å². The Morgan fingerprint density at radius 2 is 1.90 bits per heavy atom. The number of hydrogen-bond donors (Lipinski definition) is 1. The summed E-state index contributed by atoms with van der Waals surface area (Å²) in [6.45, 7) is 0. The van der Waals surface area contributed by atoms with Crippen molar-refractivity contribution in [1.82, 2.24) is 4.98 Å². The Morgan fingerprint density at radius 3 is 2.70 bits per heavy atom. The topological polar surface area (TPSA) is 42.4 Å². The number of hydrogen-bond acceptors (Lipinski definition) is 3. The van der Waals surface area contributed by atoms with Crippen molar-refractivity contribution in [3.63, 3.8) is 0 Å². The van der Waals surface area contributed by atoms with E-state index >= 15 is 0 Å². The van der Waals surface area contributed by atoms with E-state index in [0.29, 0.717) is 5.52 Å². The zero-order valence-corrected chi connectivity index (χ0v) is 13.0. The van der Waals surface area contributed by atoms with E-state index in [2.05, 4.69) is 27.6 Å². The zero-order valence-electron chi connectivity index (χ0n) is 10.8. The molecule has 0 unspecified atom stereocenters. The molecule has 0 aliphatic carbocycles. The van der Waals surface area contributed by atoms with Gasteiger partial charge in [0.25, 0.3) is 0 Å². The fraction of sp³-hybridized carbons (Fsp3) is 0.0625. The first-order valence-corrected chi connectivity index (χ1v) is 7.20. The molecule has 4 heteroatoms. The van der Waals surface area contributed by atoms with Crippen molar-refractivity contribution in [2.24, 2.45) is 0 Å². The number of phenolic OH excluding ortho intramolecular Hbond substituents is 1. The number of para-hydroxylation sites is 1. The number of methoxy groups -OCH3 is 1. The van der Waals surface area contributed by atoms with Gasteiger partial charge in [-0.05, 0) is 46.4 Å². The van der Waals surface area contributed by atoms with Crippen molar-refractivity contribution in [1.29, 1.82) is 0 Å². The third kappa shape index (κ3) is 2.10. The highest BCUT2D eigenvalue weighted by Crippen LogP contribution is 2.39. The van der Waals surface area contributed by atoms with Crippen LogP contribution in [-0.2, 0) is 0 Å². The van der Waals surface area contributed by atoms with Gasteiger partial charge in [0, 0.05) is 17.1 Å². The molecule has 3 rings (SSSR count). The van der Waals surface area contributed by atoms with E-state index < -0.39 is 0 Å². The second-order valence-electron chi connectivity index (χ2n) is 4.35. The van der Waals surface area contributed by atoms with Crippen molar-refractivity contribution in [2.45, 2.75) is 0 Å². The number of halogens is 1. The average molecular weight is 377 g/mol. The van der Waals surface area contributed by atoms with Gasteiger partial charge in [0.2, 0.25) is 0 Å². The van der Waals surface area contributed by atoms with Gasteiger partial charge < -0.3 is 9.84 Å². The maximum absolute atomic E-state index is 10.2. The molecule has 0 aliphatic rings. The van der Waals surface area contributed by atoms with Crippen molar-refractivity contribution in [3.05, 3.63) is 52.2 Å². The van der Waals surface area contributed by atoms with Crippen molar-refractivity contribution >= 4 is 33.5 Å². The number of phenols is 1.